The standard InChI is InChI=1S/C13H13ClN2O3/c1-7(17)16-12(13(18)19)4-8-6-15-11-5-9(14)2-3-10(8)11/h2-3,5-6,12,15H,4H2,1H3,(H,16,17)(H,18,19). The Balaban J connectivity index is 2.28. The highest BCUT2D eigenvalue weighted by molar-refractivity contribution is 6.31. The SMILES string of the molecule is CC(=O)NC(Cc1c[nH]c2cc(Cl)ccc12)C(=O)O. The maximum Gasteiger partial charge on any atom is 0.326 e. The van der Waals surface area contributed by atoms with E-state index in [-0.39, 0.29) is 12.3 Å². The fraction of sp³-hybridized carbons (Fsp3) is 0.231. The van der Waals surface area contributed by atoms with Gasteiger partial charge in [0, 0.05) is 35.5 Å². The Bertz CT molecular complexity index is 636. The van der Waals surface area contributed by atoms with Crippen molar-refractivity contribution >= 4 is 34.4 Å². The molecule has 100 valence electrons. The fourth-order valence-electron chi connectivity index (χ4n) is 1.99. The Morgan fingerprint density at radius 3 is 2.84 bits per heavy atom. The molecule has 5 nitrogen and oxygen atoms in total. The van der Waals surface area contributed by atoms with Crippen LogP contribution in [0.4, 0.5) is 0 Å². The number of aromatic amines is 1. The molecule has 3 N–H and O–H groups in total. The third-order valence-electron chi connectivity index (χ3n) is 2.83. The average molecular weight is 281 g/mol. The van der Waals surface area contributed by atoms with Gasteiger partial charge in [0.2, 0.25) is 5.91 Å². The molecule has 6 heteroatoms. The van der Waals surface area contributed by atoms with Crippen molar-refractivity contribution in [3.8, 4) is 0 Å². The van der Waals surface area contributed by atoms with E-state index in [4.69, 9.17) is 16.7 Å². The molecule has 2 rings (SSSR count). The molecule has 0 saturated heterocycles. The van der Waals surface area contributed by atoms with E-state index in [9.17, 15) is 9.59 Å². The lowest BCUT2D eigenvalue weighted by molar-refractivity contribution is -0.141. The lowest BCUT2D eigenvalue weighted by atomic mass is 10.1. The van der Waals surface area contributed by atoms with Crippen molar-refractivity contribution in [1.82, 2.24) is 10.3 Å². The van der Waals surface area contributed by atoms with E-state index in [1.165, 1.54) is 6.92 Å². The molecular formula is C13H13ClN2O3. The van der Waals surface area contributed by atoms with Gasteiger partial charge in [-0.2, -0.15) is 0 Å². The average Bonchev–Trinajstić information content (AvgIpc) is 2.70. The van der Waals surface area contributed by atoms with Gasteiger partial charge in [-0.25, -0.2) is 4.79 Å². The van der Waals surface area contributed by atoms with E-state index >= 15 is 0 Å². The Hall–Kier alpha value is -2.01. The summed E-state index contributed by atoms with van der Waals surface area (Å²) in [7, 11) is 0. The summed E-state index contributed by atoms with van der Waals surface area (Å²) in [4.78, 5) is 25.1. The second kappa shape index (κ2) is 5.32. The topological polar surface area (TPSA) is 82.2 Å². The van der Waals surface area contributed by atoms with Gasteiger partial charge in [-0.1, -0.05) is 17.7 Å². The number of carbonyl (C=O) groups is 2. The molecule has 0 bridgehead atoms. The minimum atomic E-state index is -1.06. The summed E-state index contributed by atoms with van der Waals surface area (Å²) >= 11 is 5.88. The molecule has 2 aromatic rings. The number of hydrogen-bond acceptors (Lipinski definition) is 2. The molecule has 1 aromatic carbocycles. The van der Waals surface area contributed by atoms with Gasteiger partial charge < -0.3 is 15.4 Å². The first-order valence-electron chi connectivity index (χ1n) is 5.73. The monoisotopic (exact) mass is 280 g/mol. The van der Waals surface area contributed by atoms with E-state index in [0.717, 1.165) is 16.5 Å². The lowest BCUT2D eigenvalue weighted by Crippen LogP contribution is -2.41. The van der Waals surface area contributed by atoms with E-state index in [1.54, 1.807) is 18.3 Å². The Labute approximate surface area is 114 Å². The van der Waals surface area contributed by atoms with Crippen molar-refractivity contribution < 1.29 is 14.7 Å². The molecule has 0 saturated carbocycles. The summed E-state index contributed by atoms with van der Waals surface area (Å²) in [6.07, 6.45) is 1.95. The van der Waals surface area contributed by atoms with Gasteiger partial charge in [-0.3, -0.25) is 4.79 Å². The van der Waals surface area contributed by atoms with Gasteiger partial charge in [-0.15, -0.1) is 0 Å². The minimum Gasteiger partial charge on any atom is -0.480 e. The third-order valence-corrected chi connectivity index (χ3v) is 3.06. The van der Waals surface area contributed by atoms with Gasteiger partial charge in [0.1, 0.15) is 6.04 Å². The number of fused-ring (bicyclic) bond motifs is 1. The predicted octanol–water partition coefficient (Wildman–Crippen LogP) is 1.95. The largest absolute Gasteiger partial charge is 0.480 e. The van der Waals surface area contributed by atoms with Gasteiger partial charge in [0.25, 0.3) is 0 Å². The number of rotatable bonds is 4. The third kappa shape index (κ3) is 3.06. The molecule has 0 aliphatic rings. The summed E-state index contributed by atoms with van der Waals surface area (Å²) in [5.41, 5.74) is 1.67. The number of aliphatic carboxylic acids is 1. The normalized spacial score (nSPS) is 12.3. The molecule has 1 unspecified atom stereocenters. The van der Waals surface area contributed by atoms with Gasteiger partial charge in [0.15, 0.2) is 0 Å². The first kappa shape index (κ1) is 13.4. The summed E-state index contributed by atoms with van der Waals surface area (Å²) < 4.78 is 0. The van der Waals surface area contributed by atoms with Crippen LogP contribution in [0.15, 0.2) is 24.4 Å². The van der Waals surface area contributed by atoms with Crippen LogP contribution in [0.2, 0.25) is 5.02 Å². The van der Waals surface area contributed by atoms with E-state index in [0.29, 0.717) is 5.02 Å². The number of halogens is 1. The number of carboxylic acids is 1. The maximum atomic E-state index is 11.1. The summed E-state index contributed by atoms with van der Waals surface area (Å²) in [5.74, 6) is -1.42. The van der Waals surface area contributed by atoms with E-state index in [2.05, 4.69) is 10.3 Å². The smallest absolute Gasteiger partial charge is 0.326 e. The zero-order valence-corrected chi connectivity index (χ0v) is 11.0. The number of amides is 1. The van der Waals surface area contributed by atoms with Crippen LogP contribution in [0.1, 0.15) is 12.5 Å². The highest BCUT2D eigenvalue weighted by atomic mass is 35.5. The van der Waals surface area contributed by atoms with Crippen LogP contribution in [0.3, 0.4) is 0 Å². The molecule has 0 fully saturated rings. The van der Waals surface area contributed by atoms with Crippen molar-refractivity contribution in [2.45, 2.75) is 19.4 Å². The van der Waals surface area contributed by atoms with Gasteiger partial charge in [0.05, 0.1) is 0 Å². The predicted molar refractivity (Wildman–Crippen MR) is 72.3 cm³/mol. The Kier molecular flexibility index (Phi) is 3.76. The van der Waals surface area contributed by atoms with Crippen molar-refractivity contribution in [2.75, 3.05) is 0 Å². The van der Waals surface area contributed by atoms with Crippen LogP contribution in [0.25, 0.3) is 10.9 Å². The van der Waals surface area contributed by atoms with Crippen LogP contribution in [-0.2, 0) is 16.0 Å². The first-order valence-corrected chi connectivity index (χ1v) is 6.10. The number of benzene rings is 1. The number of carbonyl (C=O) groups excluding carboxylic acids is 1. The summed E-state index contributed by atoms with van der Waals surface area (Å²) in [6, 6.07) is 4.41. The van der Waals surface area contributed by atoms with Gasteiger partial charge in [-0.05, 0) is 17.7 Å². The van der Waals surface area contributed by atoms with Crippen LogP contribution in [0.5, 0.6) is 0 Å². The van der Waals surface area contributed by atoms with Crippen molar-refractivity contribution in [3.05, 3.63) is 35.0 Å². The van der Waals surface area contributed by atoms with Crippen LogP contribution < -0.4 is 5.32 Å². The first-order chi connectivity index (χ1) is 8.97. The molecule has 0 aliphatic carbocycles. The van der Waals surface area contributed by atoms with E-state index in [1.807, 2.05) is 6.07 Å². The summed E-state index contributed by atoms with van der Waals surface area (Å²) in [6.45, 7) is 1.30. The molecular weight excluding hydrogens is 268 g/mol. The Morgan fingerprint density at radius 1 is 1.47 bits per heavy atom. The molecule has 0 spiro atoms. The molecule has 0 aliphatic heterocycles. The van der Waals surface area contributed by atoms with Crippen molar-refractivity contribution in [2.24, 2.45) is 0 Å². The number of hydrogen-bond donors (Lipinski definition) is 3. The molecule has 1 heterocycles. The maximum absolute atomic E-state index is 11.1. The molecule has 0 radical (unpaired) electrons. The molecule has 19 heavy (non-hydrogen) atoms. The van der Waals surface area contributed by atoms with Gasteiger partial charge >= 0.3 is 5.97 Å². The number of nitrogens with one attached hydrogen (secondary N) is 2. The molecule has 1 aromatic heterocycles. The molecule has 1 amide bonds. The van der Waals surface area contributed by atoms with Crippen LogP contribution in [-0.4, -0.2) is 28.0 Å². The van der Waals surface area contributed by atoms with Crippen molar-refractivity contribution in [3.63, 3.8) is 0 Å². The zero-order chi connectivity index (χ0) is 14.0. The van der Waals surface area contributed by atoms with E-state index < -0.39 is 12.0 Å². The fourth-order valence-corrected chi connectivity index (χ4v) is 2.16. The zero-order valence-electron chi connectivity index (χ0n) is 10.2. The summed E-state index contributed by atoms with van der Waals surface area (Å²) in [5, 5.41) is 13.0. The highest BCUT2D eigenvalue weighted by Gasteiger charge is 2.20. The lowest BCUT2D eigenvalue weighted by Gasteiger charge is -2.12. The van der Waals surface area contributed by atoms with Crippen LogP contribution >= 0.6 is 11.6 Å². The minimum absolute atomic E-state index is 0.219. The quantitative estimate of drug-likeness (QED) is 0.800. The Morgan fingerprint density at radius 2 is 2.21 bits per heavy atom. The number of H-pyrrole nitrogens is 1. The second-order valence-electron chi connectivity index (χ2n) is 4.30. The molecule has 1 atom stereocenters. The number of carboxylic acid groups (broad SMARTS) is 1. The van der Waals surface area contributed by atoms with Crippen molar-refractivity contribution in [1.29, 1.82) is 0 Å². The second-order valence-corrected chi connectivity index (χ2v) is 4.74. The number of aromatic nitrogens is 1. The van der Waals surface area contributed by atoms with Crippen LogP contribution in [0, 0.1) is 0 Å². The highest BCUT2D eigenvalue weighted by Crippen LogP contribution is 2.23.